The van der Waals surface area contributed by atoms with Crippen LogP contribution in [-0.4, -0.2) is 43.7 Å². The van der Waals surface area contributed by atoms with Crippen LogP contribution < -0.4 is 15.5 Å². The summed E-state index contributed by atoms with van der Waals surface area (Å²) in [4.78, 5) is 11.3. The Kier molecular flexibility index (Phi) is 6.90. The Morgan fingerprint density at radius 3 is 2.61 bits per heavy atom. The fraction of sp³-hybridized carbons (Fsp3) is 0.478. The minimum Gasteiger partial charge on any atom is -0.356 e. The van der Waals surface area contributed by atoms with Crippen LogP contribution >= 0.6 is 0 Å². The van der Waals surface area contributed by atoms with Crippen LogP contribution in [0.15, 0.2) is 47.6 Å². The molecule has 0 aliphatic carbocycles. The highest BCUT2D eigenvalue weighted by atomic mass is 15.2. The molecular weight excluding hydrogens is 346 g/mol. The predicted molar refractivity (Wildman–Crippen MR) is 118 cm³/mol. The average Bonchev–Trinajstić information content (AvgIpc) is 2.72. The van der Waals surface area contributed by atoms with Crippen molar-refractivity contribution in [2.45, 2.75) is 45.6 Å². The SMILES string of the molecule is CN=C(NCC(C)c1cccc(C)c1)NC1CCN(c2ccc(C)cn2)CC1. The zero-order chi connectivity index (χ0) is 19.9. The van der Waals surface area contributed by atoms with Gasteiger partial charge in [-0.05, 0) is 49.8 Å². The number of hydrogen-bond donors (Lipinski definition) is 2. The number of hydrogen-bond acceptors (Lipinski definition) is 3. The topological polar surface area (TPSA) is 52.6 Å². The fourth-order valence-corrected chi connectivity index (χ4v) is 3.63. The van der Waals surface area contributed by atoms with Gasteiger partial charge in [0.2, 0.25) is 0 Å². The standard InChI is InChI=1S/C23H33N5/c1-17-6-5-7-20(14-17)19(3)16-26-23(24-4)27-21-10-12-28(13-11-21)22-9-8-18(2)15-25-22/h5-9,14-15,19,21H,10-13,16H2,1-4H3,(H2,24,26,27). The molecule has 1 aromatic carbocycles. The van der Waals surface area contributed by atoms with Gasteiger partial charge in [0.05, 0.1) is 0 Å². The summed E-state index contributed by atoms with van der Waals surface area (Å²) in [6.07, 6.45) is 4.12. The second kappa shape index (κ2) is 9.58. The van der Waals surface area contributed by atoms with Crippen LogP contribution in [0.5, 0.6) is 0 Å². The molecule has 0 spiro atoms. The van der Waals surface area contributed by atoms with Crippen LogP contribution in [0.1, 0.15) is 42.4 Å². The molecule has 5 nitrogen and oxygen atoms in total. The Labute approximate surface area is 169 Å². The predicted octanol–water partition coefficient (Wildman–Crippen LogP) is 3.64. The summed E-state index contributed by atoms with van der Waals surface area (Å²) in [5.74, 6) is 2.41. The van der Waals surface area contributed by atoms with Crippen molar-refractivity contribution >= 4 is 11.8 Å². The van der Waals surface area contributed by atoms with E-state index in [0.717, 1.165) is 44.3 Å². The molecule has 0 radical (unpaired) electrons. The first-order valence-corrected chi connectivity index (χ1v) is 10.3. The van der Waals surface area contributed by atoms with Gasteiger partial charge in [0.25, 0.3) is 0 Å². The van der Waals surface area contributed by atoms with E-state index in [9.17, 15) is 0 Å². The van der Waals surface area contributed by atoms with Crippen molar-refractivity contribution in [3.05, 3.63) is 59.3 Å². The van der Waals surface area contributed by atoms with Gasteiger partial charge in [0, 0.05) is 38.9 Å². The summed E-state index contributed by atoms with van der Waals surface area (Å²) in [7, 11) is 1.85. The number of nitrogens with zero attached hydrogens (tertiary/aromatic N) is 3. The maximum absolute atomic E-state index is 4.56. The van der Waals surface area contributed by atoms with Crippen molar-refractivity contribution in [3.63, 3.8) is 0 Å². The highest BCUT2D eigenvalue weighted by Crippen LogP contribution is 2.18. The molecule has 0 bridgehead atoms. The Morgan fingerprint density at radius 2 is 1.96 bits per heavy atom. The molecule has 0 saturated carbocycles. The molecule has 3 rings (SSSR count). The van der Waals surface area contributed by atoms with E-state index in [2.05, 4.69) is 82.7 Å². The maximum Gasteiger partial charge on any atom is 0.191 e. The second-order valence-corrected chi connectivity index (χ2v) is 7.87. The Hall–Kier alpha value is -2.56. The third-order valence-corrected chi connectivity index (χ3v) is 5.47. The number of aryl methyl sites for hydroxylation is 2. The van der Waals surface area contributed by atoms with Gasteiger partial charge in [-0.3, -0.25) is 4.99 Å². The maximum atomic E-state index is 4.56. The molecule has 2 aromatic rings. The zero-order valence-electron chi connectivity index (χ0n) is 17.6. The van der Waals surface area contributed by atoms with Crippen molar-refractivity contribution in [3.8, 4) is 0 Å². The highest BCUT2D eigenvalue weighted by molar-refractivity contribution is 5.80. The zero-order valence-corrected chi connectivity index (χ0v) is 17.6. The van der Waals surface area contributed by atoms with E-state index in [1.54, 1.807) is 0 Å². The monoisotopic (exact) mass is 379 g/mol. The Bertz CT molecular complexity index is 776. The van der Waals surface area contributed by atoms with Gasteiger partial charge in [-0.2, -0.15) is 0 Å². The lowest BCUT2D eigenvalue weighted by atomic mass is 9.99. The number of nitrogens with one attached hydrogen (secondary N) is 2. The lowest BCUT2D eigenvalue weighted by Gasteiger charge is -2.34. The number of pyridine rings is 1. The third kappa shape index (κ3) is 5.47. The molecular formula is C23H33N5. The first kappa shape index (κ1) is 20.2. The Morgan fingerprint density at radius 1 is 1.18 bits per heavy atom. The number of benzene rings is 1. The van der Waals surface area contributed by atoms with Crippen LogP contribution in [0.4, 0.5) is 5.82 Å². The largest absolute Gasteiger partial charge is 0.356 e. The van der Waals surface area contributed by atoms with Crippen molar-refractivity contribution in [2.75, 3.05) is 31.6 Å². The van der Waals surface area contributed by atoms with Crippen molar-refractivity contribution < 1.29 is 0 Å². The minimum absolute atomic E-state index is 0.438. The first-order chi connectivity index (χ1) is 13.5. The van der Waals surface area contributed by atoms with Crippen LogP contribution in [0.2, 0.25) is 0 Å². The number of piperidine rings is 1. The number of aliphatic imine (C=N–C) groups is 1. The molecule has 1 atom stereocenters. The van der Waals surface area contributed by atoms with E-state index >= 15 is 0 Å². The van der Waals surface area contributed by atoms with Crippen LogP contribution in [0.25, 0.3) is 0 Å². The average molecular weight is 380 g/mol. The van der Waals surface area contributed by atoms with Gasteiger partial charge >= 0.3 is 0 Å². The molecule has 5 heteroatoms. The molecule has 1 saturated heterocycles. The van der Waals surface area contributed by atoms with Crippen LogP contribution in [-0.2, 0) is 0 Å². The van der Waals surface area contributed by atoms with Gasteiger partial charge in [-0.25, -0.2) is 4.98 Å². The summed E-state index contributed by atoms with van der Waals surface area (Å²) < 4.78 is 0. The van der Waals surface area contributed by atoms with E-state index in [1.807, 2.05) is 13.2 Å². The highest BCUT2D eigenvalue weighted by Gasteiger charge is 2.21. The van der Waals surface area contributed by atoms with Crippen molar-refractivity contribution in [2.24, 2.45) is 4.99 Å². The normalized spacial score (nSPS) is 16.7. The van der Waals surface area contributed by atoms with E-state index in [-0.39, 0.29) is 0 Å². The minimum atomic E-state index is 0.438. The van der Waals surface area contributed by atoms with Crippen molar-refractivity contribution in [1.82, 2.24) is 15.6 Å². The van der Waals surface area contributed by atoms with Gasteiger partial charge in [0.1, 0.15) is 5.82 Å². The molecule has 1 fully saturated rings. The molecule has 1 aromatic heterocycles. The van der Waals surface area contributed by atoms with Gasteiger partial charge in [0.15, 0.2) is 5.96 Å². The number of anilines is 1. The quantitative estimate of drug-likeness (QED) is 0.615. The van der Waals surface area contributed by atoms with E-state index in [4.69, 9.17) is 0 Å². The summed E-state index contributed by atoms with van der Waals surface area (Å²) >= 11 is 0. The van der Waals surface area contributed by atoms with Crippen LogP contribution in [0.3, 0.4) is 0 Å². The first-order valence-electron chi connectivity index (χ1n) is 10.3. The number of aromatic nitrogens is 1. The summed E-state index contributed by atoms with van der Waals surface area (Å²) in [6, 6.07) is 13.4. The molecule has 28 heavy (non-hydrogen) atoms. The third-order valence-electron chi connectivity index (χ3n) is 5.47. The summed E-state index contributed by atoms with van der Waals surface area (Å²) in [5, 5.41) is 7.09. The van der Waals surface area contributed by atoms with E-state index in [1.165, 1.54) is 16.7 Å². The molecule has 2 heterocycles. The molecule has 1 aliphatic heterocycles. The van der Waals surface area contributed by atoms with Gasteiger partial charge in [-0.1, -0.05) is 42.8 Å². The molecule has 150 valence electrons. The number of guanidine groups is 1. The second-order valence-electron chi connectivity index (χ2n) is 7.87. The molecule has 2 N–H and O–H groups in total. The van der Waals surface area contributed by atoms with E-state index < -0.39 is 0 Å². The molecule has 1 unspecified atom stereocenters. The van der Waals surface area contributed by atoms with Gasteiger partial charge in [-0.15, -0.1) is 0 Å². The van der Waals surface area contributed by atoms with Crippen molar-refractivity contribution in [1.29, 1.82) is 0 Å². The summed E-state index contributed by atoms with van der Waals surface area (Å²) in [6.45, 7) is 9.38. The van der Waals surface area contributed by atoms with Crippen LogP contribution in [0, 0.1) is 13.8 Å². The van der Waals surface area contributed by atoms with E-state index in [0.29, 0.717) is 12.0 Å². The lowest BCUT2D eigenvalue weighted by Crippen LogP contribution is -2.49. The number of rotatable bonds is 5. The smallest absolute Gasteiger partial charge is 0.191 e. The lowest BCUT2D eigenvalue weighted by molar-refractivity contribution is 0.459. The van der Waals surface area contributed by atoms with Gasteiger partial charge < -0.3 is 15.5 Å². The summed E-state index contributed by atoms with van der Waals surface area (Å²) in [5.41, 5.74) is 3.87. The Balaban J connectivity index is 1.46. The fourth-order valence-electron chi connectivity index (χ4n) is 3.63. The molecule has 0 amide bonds. The molecule has 1 aliphatic rings.